The highest BCUT2D eigenvalue weighted by atomic mass is 19.2. The van der Waals surface area contributed by atoms with Gasteiger partial charge in [-0.3, -0.25) is 4.68 Å². The largest absolute Gasteiger partial charge is 0.388 e. The van der Waals surface area contributed by atoms with Crippen LogP contribution in [-0.4, -0.2) is 14.9 Å². The summed E-state index contributed by atoms with van der Waals surface area (Å²) in [5, 5.41) is 13.9. The van der Waals surface area contributed by atoms with Crippen molar-refractivity contribution >= 4 is 0 Å². The molecule has 0 amide bonds. The molecule has 0 bridgehead atoms. The summed E-state index contributed by atoms with van der Waals surface area (Å²) in [7, 11) is 0. The molecule has 19 heavy (non-hydrogen) atoms. The van der Waals surface area contributed by atoms with Crippen LogP contribution in [0.25, 0.3) is 0 Å². The molecule has 0 spiro atoms. The molecule has 0 saturated heterocycles. The molecule has 0 aliphatic carbocycles. The number of aryl methyl sites for hydroxylation is 1. The summed E-state index contributed by atoms with van der Waals surface area (Å²) in [5.74, 6) is -4.15. The van der Waals surface area contributed by atoms with Gasteiger partial charge in [0.15, 0.2) is 17.5 Å². The highest BCUT2D eigenvalue weighted by Gasteiger charge is 2.16. The SMILES string of the molecule is CCn1cc(CC(O)c2cc(F)c(F)c(F)c2)cn1. The van der Waals surface area contributed by atoms with Crippen LogP contribution in [0.15, 0.2) is 24.5 Å². The number of aliphatic hydroxyl groups excluding tert-OH is 1. The van der Waals surface area contributed by atoms with Crippen LogP contribution in [0.4, 0.5) is 13.2 Å². The van der Waals surface area contributed by atoms with Crippen molar-refractivity contribution in [2.24, 2.45) is 0 Å². The van der Waals surface area contributed by atoms with E-state index in [0.29, 0.717) is 6.54 Å². The maximum absolute atomic E-state index is 13.1. The van der Waals surface area contributed by atoms with E-state index < -0.39 is 23.6 Å². The highest BCUT2D eigenvalue weighted by Crippen LogP contribution is 2.22. The normalized spacial score (nSPS) is 12.7. The molecule has 1 atom stereocenters. The third-order valence-electron chi connectivity index (χ3n) is 2.83. The Morgan fingerprint density at radius 2 is 1.89 bits per heavy atom. The lowest BCUT2D eigenvalue weighted by Gasteiger charge is -2.10. The van der Waals surface area contributed by atoms with E-state index >= 15 is 0 Å². The highest BCUT2D eigenvalue weighted by molar-refractivity contribution is 5.23. The van der Waals surface area contributed by atoms with Crippen molar-refractivity contribution in [3.8, 4) is 0 Å². The van der Waals surface area contributed by atoms with Gasteiger partial charge in [0.25, 0.3) is 0 Å². The molecule has 6 heteroatoms. The zero-order chi connectivity index (χ0) is 14.0. The van der Waals surface area contributed by atoms with Crippen LogP contribution in [0.1, 0.15) is 24.2 Å². The fourth-order valence-electron chi connectivity index (χ4n) is 1.79. The number of halogens is 3. The van der Waals surface area contributed by atoms with Crippen molar-refractivity contribution < 1.29 is 18.3 Å². The summed E-state index contributed by atoms with van der Waals surface area (Å²) in [6, 6.07) is 1.60. The van der Waals surface area contributed by atoms with Gasteiger partial charge in [-0.05, 0) is 30.2 Å². The van der Waals surface area contributed by atoms with Gasteiger partial charge in [-0.15, -0.1) is 0 Å². The molecule has 2 rings (SSSR count). The fourth-order valence-corrected chi connectivity index (χ4v) is 1.79. The monoisotopic (exact) mass is 270 g/mol. The number of aromatic nitrogens is 2. The topological polar surface area (TPSA) is 38.0 Å². The van der Waals surface area contributed by atoms with Gasteiger partial charge in [-0.1, -0.05) is 0 Å². The Labute approximate surface area is 108 Å². The molecule has 1 N–H and O–H groups in total. The van der Waals surface area contributed by atoms with E-state index in [-0.39, 0.29) is 12.0 Å². The summed E-state index contributed by atoms with van der Waals surface area (Å²) in [6.45, 7) is 2.60. The third kappa shape index (κ3) is 2.96. The Kier molecular flexibility index (Phi) is 3.90. The van der Waals surface area contributed by atoms with Crippen LogP contribution in [-0.2, 0) is 13.0 Å². The number of aliphatic hydroxyl groups is 1. The van der Waals surface area contributed by atoms with Crippen LogP contribution in [0.5, 0.6) is 0 Å². The van der Waals surface area contributed by atoms with Crippen LogP contribution >= 0.6 is 0 Å². The molecule has 0 aliphatic rings. The van der Waals surface area contributed by atoms with Gasteiger partial charge in [-0.25, -0.2) is 13.2 Å². The first-order valence-electron chi connectivity index (χ1n) is 5.85. The molecule has 3 nitrogen and oxygen atoms in total. The minimum atomic E-state index is -1.53. The Morgan fingerprint density at radius 1 is 1.26 bits per heavy atom. The van der Waals surface area contributed by atoms with Crippen molar-refractivity contribution in [2.75, 3.05) is 0 Å². The summed E-state index contributed by atoms with van der Waals surface area (Å²) >= 11 is 0. The maximum Gasteiger partial charge on any atom is 0.194 e. The van der Waals surface area contributed by atoms with E-state index in [1.807, 2.05) is 6.92 Å². The van der Waals surface area contributed by atoms with Crippen molar-refractivity contribution in [1.29, 1.82) is 0 Å². The second-order valence-corrected chi connectivity index (χ2v) is 4.22. The molecule has 0 saturated carbocycles. The van der Waals surface area contributed by atoms with Crippen molar-refractivity contribution in [3.05, 3.63) is 53.1 Å². The molecule has 0 aliphatic heterocycles. The Hall–Kier alpha value is -1.82. The molecule has 0 radical (unpaired) electrons. The maximum atomic E-state index is 13.1. The predicted molar refractivity (Wildman–Crippen MR) is 62.9 cm³/mol. The second kappa shape index (κ2) is 5.44. The minimum absolute atomic E-state index is 0.000600. The van der Waals surface area contributed by atoms with Crippen molar-refractivity contribution in [3.63, 3.8) is 0 Å². The van der Waals surface area contributed by atoms with Gasteiger partial charge < -0.3 is 5.11 Å². The van der Waals surface area contributed by atoms with Gasteiger partial charge in [0.05, 0.1) is 12.3 Å². The van der Waals surface area contributed by atoms with E-state index in [2.05, 4.69) is 5.10 Å². The molecule has 2 aromatic rings. The summed E-state index contributed by atoms with van der Waals surface area (Å²) in [5.41, 5.74) is 0.736. The van der Waals surface area contributed by atoms with E-state index in [9.17, 15) is 18.3 Å². The van der Waals surface area contributed by atoms with Crippen LogP contribution in [0.3, 0.4) is 0 Å². The fraction of sp³-hybridized carbons (Fsp3) is 0.308. The molecular formula is C13H13F3N2O. The second-order valence-electron chi connectivity index (χ2n) is 4.22. The number of hydrogen-bond acceptors (Lipinski definition) is 2. The lowest BCUT2D eigenvalue weighted by molar-refractivity contribution is 0.177. The summed E-state index contributed by atoms with van der Waals surface area (Å²) in [4.78, 5) is 0. The average molecular weight is 270 g/mol. The summed E-state index contributed by atoms with van der Waals surface area (Å²) < 4.78 is 40.6. The van der Waals surface area contributed by atoms with E-state index in [1.165, 1.54) is 0 Å². The van der Waals surface area contributed by atoms with Crippen molar-refractivity contribution in [1.82, 2.24) is 9.78 Å². The Balaban J connectivity index is 2.17. The van der Waals surface area contributed by atoms with Crippen LogP contribution in [0.2, 0.25) is 0 Å². The zero-order valence-electron chi connectivity index (χ0n) is 10.3. The van der Waals surface area contributed by atoms with Gasteiger partial charge in [-0.2, -0.15) is 5.10 Å². The molecule has 1 aromatic carbocycles. The van der Waals surface area contributed by atoms with Crippen molar-refractivity contribution in [2.45, 2.75) is 26.0 Å². The quantitative estimate of drug-likeness (QED) is 0.867. The van der Waals surface area contributed by atoms with E-state index in [4.69, 9.17) is 0 Å². The molecule has 102 valence electrons. The summed E-state index contributed by atoms with van der Waals surface area (Å²) in [6.07, 6.45) is 2.35. The standard InChI is InChI=1S/C13H13F3N2O/c1-2-18-7-8(6-17-18)3-12(19)9-4-10(14)13(16)11(15)5-9/h4-7,12,19H,2-3H2,1H3. The van der Waals surface area contributed by atoms with E-state index in [0.717, 1.165) is 17.7 Å². The first-order chi connectivity index (χ1) is 9.01. The third-order valence-corrected chi connectivity index (χ3v) is 2.83. The lowest BCUT2D eigenvalue weighted by Crippen LogP contribution is -2.04. The molecule has 1 heterocycles. The smallest absolute Gasteiger partial charge is 0.194 e. The van der Waals surface area contributed by atoms with Crippen LogP contribution < -0.4 is 0 Å². The number of nitrogens with zero attached hydrogens (tertiary/aromatic N) is 2. The lowest BCUT2D eigenvalue weighted by atomic mass is 10.0. The Morgan fingerprint density at radius 3 is 2.42 bits per heavy atom. The molecular weight excluding hydrogens is 257 g/mol. The minimum Gasteiger partial charge on any atom is -0.388 e. The van der Waals surface area contributed by atoms with Crippen LogP contribution in [0, 0.1) is 17.5 Å². The number of hydrogen-bond donors (Lipinski definition) is 1. The number of rotatable bonds is 4. The molecule has 1 aromatic heterocycles. The zero-order valence-corrected chi connectivity index (χ0v) is 10.3. The van der Waals surface area contributed by atoms with Gasteiger partial charge in [0.2, 0.25) is 0 Å². The average Bonchev–Trinajstić information content (AvgIpc) is 2.83. The van der Waals surface area contributed by atoms with Gasteiger partial charge in [0.1, 0.15) is 0 Å². The first kappa shape index (κ1) is 13.6. The first-order valence-corrected chi connectivity index (χ1v) is 5.85. The predicted octanol–water partition coefficient (Wildman–Crippen LogP) is 2.60. The van der Waals surface area contributed by atoms with E-state index in [1.54, 1.807) is 17.1 Å². The van der Waals surface area contributed by atoms with Gasteiger partial charge >= 0.3 is 0 Å². The Bertz CT molecular complexity index is 560. The number of benzene rings is 1. The van der Waals surface area contributed by atoms with Gasteiger partial charge in [0, 0.05) is 19.2 Å². The molecule has 0 fully saturated rings. The molecule has 1 unspecified atom stereocenters.